The lowest BCUT2D eigenvalue weighted by Crippen LogP contribution is -2.10. The minimum absolute atomic E-state index is 0.0468. The van der Waals surface area contributed by atoms with E-state index in [0.29, 0.717) is 13.2 Å². The van der Waals surface area contributed by atoms with Crippen molar-refractivity contribution in [1.82, 2.24) is 0 Å². The van der Waals surface area contributed by atoms with Crippen LogP contribution < -0.4 is 11.5 Å². The Morgan fingerprint density at radius 3 is 3.07 bits per heavy atom. The fourth-order valence-electron chi connectivity index (χ4n) is 2.00. The lowest BCUT2D eigenvalue weighted by atomic mass is 9.96. The summed E-state index contributed by atoms with van der Waals surface area (Å²) >= 11 is 0. The summed E-state index contributed by atoms with van der Waals surface area (Å²) in [5, 5.41) is 0. The number of ether oxygens (including phenoxy) is 1. The highest BCUT2D eigenvalue weighted by molar-refractivity contribution is 5.67. The highest BCUT2D eigenvalue weighted by Gasteiger charge is 2.24. The van der Waals surface area contributed by atoms with Crippen molar-refractivity contribution >= 4 is 5.57 Å². The van der Waals surface area contributed by atoms with Crippen LogP contribution >= 0.6 is 0 Å². The molecule has 80 valence electrons. The number of fused-ring (bicyclic) bond motifs is 1. The van der Waals surface area contributed by atoms with Crippen molar-refractivity contribution in [2.45, 2.75) is 19.6 Å². The SMILES string of the molecule is C/C(=C\N)c1cccc2c1CO[C@H]2CN. The summed E-state index contributed by atoms with van der Waals surface area (Å²) in [5.41, 5.74) is 15.9. The predicted molar refractivity (Wildman–Crippen MR) is 60.9 cm³/mol. The maximum Gasteiger partial charge on any atom is 0.0955 e. The Balaban J connectivity index is 2.49. The number of rotatable bonds is 2. The zero-order valence-electron chi connectivity index (χ0n) is 8.86. The molecule has 0 amide bonds. The average Bonchev–Trinajstić information content (AvgIpc) is 2.70. The molecule has 0 saturated heterocycles. The van der Waals surface area contributed by atoms with Gasteiger partial charge in [0.05, 0.1) is 12.7 Å². The van der Waals surface area contributed by atoms with E-state index in [1.165, 1.54) is 16.7 Å². The summed E-state index contributed by atoms with van der Waals surface area (Å²) < 4.78 is 5.61. The van der Waals surface area contributed by atoms with Gasteiger partial charge >= 0.3 is 0 Å². The third-order valence-electron chi connectivity index (χ3n) is 2.88. The standard InChI is InChI=1S/C12H16N2O/c1-8(5-13)9-3-2-4-10-11(9)7-15-12(10)6-14/h2-5,12H,6-7,13-14H2,1H3/b8-5+/t12-/m0/s1. The Hall–Kier alpha value is -1.32. The van der Waals surface area contributed by atoms with Crippen molar-refractivity contribution in [3.8, 4) is 0 Å². The Morgan fingerprint density at radius 1 is 1.60 bits per heavy atom. The highest BCUT2D eigenvalue weighted by atomic mass is 16.5. The van der Waals surface area contributed by atoms with E-state index in [-0.39, 0.29) is 6.10 Å². The molecular weight excluding hydrogens is 188 g/mol. The molecule has 1 heterocycles. The molecule has 3 nitrogen and oxygen atoms in total. The van der Waals surface area contributed by atoms with E-state index >= 15 is 0 Å². The van der Waals surface area contributed by atoms with Crippen LogP contribution in [-0.2, 0) is 11.3 Å². The second kappa shape index (κ2) is 4.04. The molecule has 1 atom stereocenters. The molecule has 3 heteroatoms. The van der Waals surface area contributed by atoms with Gasteiger partial charge in [0.25, 0.3) is 0 Å². The fourth-order valence-corrected chi connectivity index (χ4v) is 2.00. The summed E-state index contributed by atoms with van der Waals surface area (Å²) in [5.74, 6) is 0. The Kier molecular flexibility index (Phi) is 2.75. The number of allylic oxidation sites excluding steroid dienone is 1. The Morgan fingerprint density at radius 2 is 2.40 bits per heavy atom. The van der Waals surface area contributed by atoms with Gasteiger partial charge in [-0.2, -0.15) is 0 Å². The maximum absolute atomic E-state index is 5.64. The van der Waals surface area contributed by atoms with Crippen LogP contribution in [-0.4, -0.2) is 6.54 Å². The van der Waals surface area contributed by atoms with Gasteiger partial charge in [-0.15, -0.1) is 0 Å². The topological polar surface area (TPSA) is 61.3 Å². The van der Waals surface area contributed by atoms with Gasteiger partial charge in [0.2, 0.25) is 0 Å². The molecule has 0 unspecified atom stereocenters. The van der Waals surface area contributed by atoms with E-state index in [1.807, 2.05) is 13.0 Å². The van der Waals surface area contributed by atoms with E-state index in [0.717, 1.165) is 5.57 Å². The first-order valence-electron chi connectivity index (χ1n) is 5.10. The molecule has 4 N–H and O–H groups in total. The molecule has 15 heavy (non-hydrogen) atoms. The van der Waals surface area contributed by atoms with Crippen molar-refractivity contribution in [1.29, 1.82) is 0 Å². The van der Waals surface area contributed by atoms with E-state index in [2.05, 4.69) is 12.1 Å². The lowest BCUT2D eigenvalue weighted by Gasteiger charge is -2.09. The maximum atomic E-state index is 5.64. The van der Waals surface area contributed by atoms with Gasteiger partial charge < -0.3 is 16.2 Å². The summed E-state index contributed by atoms with van der Waals surface area (Å²) in [7, 11) is 0. The van der Waals surface area contributed by atoms with Gasteiger partial charge in [-0.05, 0) is 35.4 Å². The molecule has 1 aromatic rings. The minimum Gasteiger partial charge on any atom is -0.404 e. The number of nitrogens with two attached hydrogens (primary N) is 2. The summed E-state index contributed by atoms with van der Waals surface area (Å²) in [6, 6.07) is 6.17. The van der Waals surface area contributed by atoms with E-state index < -0.39 is 0 Å². The molecule has 2 rings (SSSR count). The molecular formula is C12H16N2O. The first-order valence-corrected chi connectivity index (χ1v) is 5.10. The molecule has 0 saturated carbocycles. The number of benzene rings is 1. The molecule has 0 aromatic heterocycles. The van der Waals surface area contributed by atoms with Crippen LogP contribution in [0, 0.1) is 0 Å². The fraction of sp³-hybridized carbons (Fsp3) is 0.333. The highest BCUT2D eigenvalue weighted by Crippen LogP contribution is 2.34. The predicted octanol–water partition coefficient (Wildman–Crippen LogP) is 1.54. The van der Waals surface area contributed by atoms with Crippen LogP contribution in [0.4, 0.5) is 0 Å². The largest absolute Gasteiger partial charge is 0.404 e. The van der Waals surface area contributed by atoms with Crippen LogP contribution in [0.15, 0.2) is 24.4 Å². The van der Waals surface area contributed by atoms with Crippen molar-refractivity contribution in [2.75, 3.05) is 6.54 Å². The monoisotopic (exact) mass is 204 g/mol. The van der Waals surface area contributed by atoms with Crippen LogP contribution in [0.25, 0.3) is 5.57 Å². The van der Waals surface area contributed by atoms with Crippen molar-refractivity contribution in [2.24, 2.45) is 11.5 Å². The number of hydrogen-bond donors (Lipinski definition) is 2. The van der Waals surface area contributed by atoms with Crippen LogP contribution in [0.3, 0.4) is 0 Å². The second-order valence-corrected chi connectivity index (χ2v) is 3.76. The van der Waals surface area contributed by atoms with Crippen LogP contribution in [0.5, 0.6) is 0 Å². The molecule has 0 spiro atoms. The molecule has 0 radical (unpaired) electrons. The van der Waals surface area contributed by atoms with Crippen molar-refractivity contribution in [3.05, 3.63) is 41.1 Å². The zero-order valence-corrected chi connectivity index (χ0v) is 8.86. The molecule has 0 aliphatic carbocycles. The smallest absolute Gasteiger partial charge is 0.0955 e. The van der Waals surface area contributed by atoms with Crippen LogP contribution in [0.1, 0.15) is 29.7 Å². The van der Waals surface area contributed by atoms with E-state index in [9.17, 15) is 0 Å². The first-order chi connectivity index (χ1) is 7.27. The molecule has 1 aromatic carbocycles. The van der Waals surface area contributed by atoms with E-state index in [1.54, 1.807) is 6.20 Å². The van der Waals surface area contributed by atoms with Crippen LogP contribution in [0.2, 0.25) is 0 Å². The molecule has 0 bridgehead atoms. The molecule has 0 fully saturated rings. The average molecular weight is 204 g/mol. The Bertz CT molecular complexity index is 399. The summed E-state index contributed by atoms with van der Waals surface area (Å²) in [6.07, 6.45) is 1.68. The van der Waals surface area contributed by atoms with Gasteiger partial charge in [-0.1, -0.05) is 18.2 Å². The third kappa shape index (κ3) is 1.64. The molecule has 1 aliphatic heterocycles. The summed E-state index contributed by atoms with van der Waals surface area (Å²) in [4.78, 5) is 0. The first kappa shape index (κ1) is 10.2. The second-order valence-electron chi connectivity index (χ2n) is 3.76. The van der Waals surface area contributed by atoms with Crippen molar-refractivity contribution in [3.63, 3.8) is 0 Å². The zero-order chi connectivity index (χ0) is 10.8. The minimum atomic E-state index is 0.0468. The van der Waals surface area contributed by atoms with Gasteiger partial charge in [0, 0.05) is 6.54 Å². The third-order valence-corrected chi connectivity index (χ3v) is 2.88. The van der Waals surface area contributed by atoms with Crippen molar-refractivity contribution < 1.29 is 4.74 Å². The van der Waals surface area contributed by atoms with Gasteiger partial charge in [-0.3, -0.25) is 0 Å². The van der Waals surface area contributed by atoms with Gasteiger partial charge in [-0.25, -0.2) is 0 Å². The number of hydrogen-bond acceptors (Lipinski definition) is 3. The lowest BCUT2D eigenvalue weighted by molar-refractivity contribution is 0.0723. The molecule has 1 aliphatic rings. The van der Waals surface area contributed by atoms with Gasteiger partial charge in [0.15, 0.2) is 0 Å². The van der Waals surface area contributed by atoms with E-state index in [4.69, 9.17) is 16.2 Å². The quantitative estimate of drug-likeness (QED) is 0.768. The normalized spacial score (nSPS) is 20.4. The summed E-state index contributed by atoms with van der Waals surface area (Å²) in [6.45, 7) is 3.17. The Labute approximate surface area is 89.7 Å². The van der Waals surface area contributed by atoms with Gasteiger partial charge in [0.1, 0.15) is 0 Å².